The molecule has 1 unspecified atom stereocenters. The molecule has 5 rings (SSSR count). The molecule has 1 fully saturated rings. The van der Waals surface area contributed by atoms with Crippen LogP contribution in [0.1, 0.15) is 11.1 Å². The van der Waals surface area contributed by atoms with Crippen LogP contribution in [0.25, 0.3) is 17.0 Å². The zero-order chi connectivity index (χ0) is 17.5. The van der Waals surface area contributed by atoms with Crippen LogP contribution in [-0.4, -0.2) is 29.1 Å². The van der Waals surface area contributed by atoms with Gasteiger partial charge < -0.3 is 14.0 Å². The quantitative estimate of drug-likeness (QED) is 0.414. The van der Waals surface area contributed by atoms with Crippen LogP contribution in [0.5, 0.6) is 0 Å². The van der Waals surface area contributed by atoms with E-state index < -0.39 is 5.97 Å². The molecule has 0 radical (unpaired) electrons. The van der Waals surface area contributed by atoms with Crippen molar-refractivity contribution in [2.24, 2.45) is 4.99 Å². The third-order valence-corrected chi connectivity index (χ3v) is 4.56. The number of carbonyl (C=O) groups is 1. The summed E-state index contributed by atoms with van der Waals surface area (Å²) in [7, 11) is 0. The molecule has 128 valence electrons. The third kappa shape index (κ3) is 2.72. The maximum Gasteiger partial charge on any atom is 0.363 e. The van der Waals surface area contributed by atoms with Crippen molar-refractivity contribution in [1.82, 2.24) is 4.57 Å². The summed E-state index contributed by atoms with van der Waals surface area (Å²) in [6, 6.07) is 17.6. The Morgan fingerprint density at radius 1 is 1.12 bits per heavy atom. The first-order chi connectivity index (χ1) is 12.8. The molecular formula is C21H16N2O3. The van der Waals surface area contributed by atoms with Crippen LogP contribution in [0.4, 0.5) is 0 Å². The van der Waals surface area contributed by atoms with Crippen LogP contribution in [0.2, 0.25) is 0 Å². The highest BCUT2D eigenvalue weighted by atomic mass is 16.6. The molecule has 5 nitrogen and oxygen atoms in total. The normalized spacial score (nSPS) is 20.5. The number of epoxide rings is 1. The Bertz CT molecular complexity index is 1060. The van der Waals surface area contributed by atoms with Gasteiger partial charge in [-0.2, -0.15) is 0 Å². The number of aliphatic imine (C=N–C) groups is 1. The molecule has 0 saturated carbocycles. The van der Waals surface area contributed by atoms with Gasteiger partial charge in [0, 0.05) is 28.2 Å². The molecule has 0 bridgehead atoms. The minimum Gasteiger partial charge on any atom is -0.402 e. The highest BCUT2D eigenvalue weighted by molar-refractivity contribution is 6.13. The molecule has 1 saturated heterocycles. The number of esters is 1. The van der Waals surface area contributed by atoms with E-state index in [1.54, 1.807) is 6.08 Å². The molecular weight excluding hydrogens is 328 g/mol. The monoisotopic (exact) mass is 344 g/mol. The van der Waals surface area contributed by atoms with E-state index in [4.69, 9.17) is 9.47 Å². The minimum absolute atomic E-state index is 0.283. The van der Waals surface area contributed by atoms with Crippen molar-refractivity contribution in [1.29, 1.82) is 0 Å². The summed E-state index contributed by atoms with van der Waals surface area (Å²) in [5.41, 5.74) is 3.17. The highest BCUT2D eigenvalue weighted by Gasteiger charge is 2.26. The number of carbonyl (C=O) groups excluding carboxylic acids is 1. The second-order valence-corrected chi connectivity index (χ2v) is 6.41. The van der Waals surface area contributed by atoms with Gasteiger partial charge in [-0.25, -0.2) is 9.79 Å². The fourth-order valence-corrected chi connectivity index (χ4v) is 3.19. The van der Waals surface area contributed by atoms with Gasteiger partial charge in [0.1, 0.15) is 0 Å². The Balaban J connectivity index is 1.55. The summed E-state index contributed by atoms with van der Waals surface area (Å²) in [5, 5.41) is 1.08. The fourth-order valence-electron chi connectivity index (χ4n) is 3.19. The van der Waals surface area contributed by atoms with E-state index in [1.807, 2.05) is 54.7 Å². The smallest absolute Gasteiger partial charge is 0.363 e. The lowest BCUT2D eigenvalue weighted by molar-refractivity contribution is -0.129. The van der Waals surface area contributed by atoms with Crippen LogP contribution in [-0.2, 0) is 20.8 Å². The van der Waals surface area contributed by atoms with Crippen LogP contribution in [0.15, 0.2) is 71.5 Å². The summed E-state index contributed by atoms with van der Waals surface area (Å²) in [6.07, 6.45) is 4.12. The number of cyclic esters (lactones) is 1. The molecule has 26 heavy (non-hydrogen) atoms. The van der Waals surface area contributed by atoms with Crippen molar-refractivity contribution in [3.63, 3.8) is 0 Å². The van der Waals surface area contributed by atoms with Gasteiger partial charge in [0.25, 0.3) is 0 Å². The Morgan fingerprint density at radius 3 is 2.69 bits per heavy atom. The van der Waals surface area contributed by atoms with E-state index >= 15 is 0 Å². The Kier molecular flexibility index (Phi) is 3.47. The highest BCUT2D eigenvalue weighted by Crippen LogP contribution is 2.27. The molecule has 5 heteroatoms. The van der Waals surface area contributed by atoms with Crippen molar-refractivity contribution < 1.29 is 14.3 Å². The molecule has 0 amide bonds. The fraction of sp³-hybridized carbons (Fsp3) is 0.143. The van der Waals surface area contributed by atoms with Gasteiger partial charge >= 0.3 is 5.97 Å². The summed E-state index contributed by atoms with van der Waals surface area (Å²) in [6.45, 7) is 1.62. The average molecular weight is 344 g/mol. The molecule has 1 atom stereocenters. The van der Waals surface area contributed by atoms with Crippen molar-refractivity contribution in [2.75, 3.05) is 6.61 Å². The van der Waals surface area contributed by atoms with Crippen molar-refractivity contribution in [2.45, 2.75) is 12.6 Å². The van der Waals surface area contributed by atoms with Gasteiger partial charge in [-0.1, -0.05) is 36.4 Å². The molecule has 0 N–H and O–H groups in total. The second-order valence-electron chi connectivity index (χ2n) is 6.41. The predicted octanol–water partition coefficient (Wildman–Crippen LogP) is 3.38. The molecule has 0 spiro atoms. The minimum atomic E-state index is -0.425. The third-order valence-electron chi connectivity index (χ3n) is 4.56. The first kappa shape index (κ1) is 15.1. The van der Waals surface area contributed by atoms with Gasteiger partial charge in [0.05, 0.1) is 19.3 Å². The maximum absolute atomic E-state index is 12.3. The number of ether oxygens (including phenoxy) is 2. The molecule has 3 aromatic rings. The number of para-hydroxylation sites is 1. The lowest BCUT2D eigenvalue weighted by Gasteiger charge is -2.00. The molecule has 2 aliphatic rings. The summed E-state index contributed by atoms with van der Waals surface area (Å²) < 4.78 is 12.9. The number of hydrogen-bond donors (Lipinski definition) is 0. The zero-order valence-corrected chi connectivity index (χ0v) is 14.0. The lowest BCUT2D eigenvalue weighted by Crippen LogP contribution is -2.04. The van der Waals surface area contributed by atoms with E-state index in [1.165, 1.54) is 0 Å². The summed E-state index contributed by atoms with van der Waals surface area (Å²) in [4.78, 5) is 16.7. The molecule has 1 aromatic heterocycles. The zero-order valence-electron chi connectivity index (χ0n) is 14.0. The Morgan fingerprint density at radius 2 is 1.88 bits per heavy atom. The average Bonchev–Trinajstić information content (AvgIpc) is 3.33. The molecule has 2 aliphatic heterocycles. The lowest BCUT2D eigenvalue weighted by atomic mass is 10.1. The van der Waals surface area contributed by atoms with E-state index in [-0.39, 0.29) is 6.10 Å². The second kappa shape index (κ2) is 5.97. The SMILES string of the molecule is O=C1OC(c2ccccc2)=NC1=Cc1cn(CC2CO2)c2ccccc12. The van der Waals surface area contributed by atoms with Crippen molar-refractivity contribution in [3.05, 3.63) is 77.6 Å². The topological polar surface area (TPSA) is 56.1 Å². The Labute approximate surface area is 150 Å². The maximum atomic E-state index is 12.3. The van der Waals surface area contributed by atoms with Gasteiger partial charge in [0.2, 0.25) is 5.90 Å². The van der Waals surface area contributed by atoms with Crippen LogP contribution in [0.3, 0.4) is 0 Å². The van der Waals surface area contributed by atoms with E-state index in [9.17, 15) is 4.79 Å². The largest absolute Gasteiger partial charge is 0.402 e. The van der Waals surface area contributed by atoms with Crippen molar-refractivity contribution in [3.8, 4) is 0 Å². The molecule has 2 aromatic carbocycles. The standard InChI is InChI=1S/C21H16N2O3/c24-21-18(22-20(26-21)14-6-2-1-3-7-14)10-15-11-23(12-16-13-25-16)19-9-5-4-8-17(15)19/h1-11,16H,12-13H2. The summed E-state index contributed by atoms with van der Waals surface area (Å²) >= 11 is 0. The van der Waals surface area contributed by atoms with Crippen LogP contribution < -0.4 is 0 Å². The first-order valence-corrected chi connectivity index (χ1v) is 8.55. The number of rotatable bonds is 4. The first-order valence-electron chi connectivity index (χ1n) is 8.55. The van der Waals surface area contributed by atoms with E-state index in [2.05, 4.69) is 15.6 Å². The van der Waals surface area contributed by atoms with Gasteiger partial charge in [-0.3, -0.25) is 0 Å². The summed E-state index contributed by atoms with van der Waals surface area (Å²) in [5.74, 6) is -0.0804. The number of aromatic nitrogens is 1. The van der Waals surface area contributed by atoms with Crippen molar-refractivity contribution >= 4 is 28.8 Å². The predicted molar refractivity (Wildman–Crippen MR) is 98.7 cm³/mol. The number of fused-ring (bicyclic) bond motifs is 1. The number of hydrogen-bond acceptors (Lipinski definition) is 4. The number of nitrogens with zero attached hydrogens (tertiary/aromatic N) is 2. The Hall–Kier alpha value is -3.18. The van der Waals surface area contributed by atoms with Gasteiger partial charge in [-0.05, 0) is 24.3 Å². The van der Waals surface area contributed by atoms with Gasteiger partial charge in [0.15, 0.2) is 5.70 Å². The van der Waals surface area contributed by atoms with E-state index in [0.29, 0.717) is 11.6 Å². The molecule has 3 heterocycles. The number of benzene rings is 2. The van der Waals surface area contributed by atoms with Crippen LogP contribution >= 0.6 is 0 Å². The van der Waals surface area contributed by atoms with Crippen LogP contribution in [0, 0.1) is 0 Å². The van der Waals surface area contributed by atoms with Gasteiger partial charge in [-0.15, -0.1) is 0 Å². The molecule has 0 aliphatic carbocycles. The van der Waals surface area contributed by atoms with E-state index in [0.717, 1.165) is 35.2 Å².